The largest absolute Gasteiger partial charge is 0.356 e. The molecule has 2 aromatic rings. The van der Waals surface area contributed by atoms with Crippen LogP contribution in [0.25, 0.3) is 10.9 Å². The molecule has 0 atom stereocenters. The third-order valence-corrected chi connectivity index (χ3v) is 6.90. The summed E-state index contributed by atoms with van der Waals surface area (Å²) in [6.45, 7) is 13.0. The Bertz CT molecular complexity index is 819. The molecule has 0 bridgehead atoms. The fourth-order valence-electron chi connectivity index (χ4n) is 4.05. The van der Waals surface area contributed by atoms with Crippen molar-refractivity contribution in [3.05, 3.63) is 16.1 Å². The van der Waals surface area contributed by atoms with Gasteiger partial charge in [-0.1, -0.05) is 13.8 Å². The molecular formula is C20H29N5OS. The molecule has 0 aliphatic carbocycles. The van der Waals surface area contributed by atoms with Gasteiger partial charge in [-0.3, -0.25) is 4.79 Å². The number of carbonyl (C=O) groups excluding carboxylic acids is 1. The van der Waals surface area contributed by atoms with E-state index in [1.165, 1.54) is 17.7 Å². The minimum Gasteiger partial charge on any atom is -0.356 e. The van der Waals surface area contributed by atoms with Crippen molar-refractivity contribution in [2.75, 3.05) is 50.7 Å². The molecule has 4 rings (SSSR count). The molecule has 0 spiro atoms. The summed E-state index contributed by atoms with van der Waals surface area (Å²) in [6, 6.07) is 0. The molecule has 0 saturated carbocycles. The SMILES string of the molecule is CCN1CCN(C(=O)c2nc(N3CCC(C)CC3)c3c(C)scc3n2)CC1. The Hall–Kier alpha value is -1.73. The van der Waals surface area contributed by atoms with Crippen molar-refractivity contribution in [2.24, 2.45) is 5.92 Å². The van der Waals surface area contributed by atoms with E-state index in [1.807, 2.05) is 4.90 Å². The summed E-state index contributed by atoms with van der Waals surface area (Å²) in [6.07, 6.45) is 2.36. The Morgan fingerprint density at radius 3 is 2.52 bits per heavy atom. The van der Waals surface area contributed by atoms with Crippen LogP contribution in [0.5, 0.6) is 0 Å². The fourth-order valence-corrected chi connectivity index (χ4v) is 4.82. The van der Waals surface area contributed by atoms with E-state index in [9.17, 15) is 4.79 Å². The van der Waals surface area contributed by atoms with Gasteiger partial charge in [0, 0.05) is 49.5 Å². The zero-order valence-corrected chi connectivity index (χ0v) is 17.4. The highest BCUT2D eigenvalue weighted by Crippen LogP contribution is 2.33. The minimum absolute atomic E-state index is 0.0249. The second-order valence-corrected chi connectivity index (χ2v) is 8.90. The quantitative estimate of drug-likeness (QED) is 0.810. The van der Waals surface area contributed by atoms with Gasteiger partial charge in [0.05, 0.1) is 10.9 Å². The number of aromatic nitrogens is 2. The summed E-state index contributed by atoms with van der Waals surface area (Å²) in [5, 5.41) is 3.19. The molecule has 0 aromatic carbocycles. The highest BCUT2D eigenvalue weighted by atomic mass is 32.1. The van der Waals surface area contributed by atoms with Crippen LogP contribution < -0.4 is 4.90 Å². The van der Waals surface area contributed by atoms with Gasteiger partial charge in [0.15, 0.2) is 0 Å². The summed E-state index contributed by atoms with van der Waals surface area (Å²) >= 11 is 1.69. The van der Waals surface area contributed by atoms with Gasteiger partial charge < -0.3 is 14.7 Å². The molecule has 1 amide bonds. The first-order chi connectivity index (χ1) is 13.1. The molecule has 6 nitrogen and oxygen atoms in total. The zero-order chi connectivity index (χ0) is 19.0. The van der Waals surface area contributed by atoms with E-state index in [-0.39, 0.29) is 5.91 Å². The molecule has 4 heterocycles. The summed E-state index contributed by atoms with van der Waals surface area (Å²) in [4.78, 5) is 30.4. The van der Waals surface area contributed by atoms with Crippen molar-refractivity contribution in [2.45, 2.75) is 33.6 Å². The van der Waals surface area contributed by atoms with E-state index in [4.69, 9.17) is 4.98 Å². The third kappa shape index (κ3) is 3.67. The van der Waals surface area contributed by atoms with Gasteiger partial charge in [-0.05, 0) is 32.2 Å². The number of fused-ring (bicyclic) bond motifs is 1. The highest BCUT2D eigenvalue weighted by molar-refractivity contribution is 7.11. The standard InChI is InChI=1S/C20H29N5OS/c1-4-23-9-11-25(12-10-23)20(26)18-21-16-13-27-15(3)17(16)19(22-18)24-7-5-14(2)6-8-24/h13-14H,4-12H2,1-3H3. The van der Waals surface area contributed by atoms with Crippen LogP contribution in [-0.2, 0) is 0 Å². The van der Waals surface area contributed by atoms with Crippen molar-refractivity contribution in [1.82, 2.24) is 19.8 Å². The van der Waals surface area contributed by atoms with Gasteiger partial charge in [0.1, 0.15) is 5.82 Å². The first-order valence-electron chi connectivity index (χ1n) is 10.1. The number of carbonyl (C=O) groups is 1. The molecule has 2 aliphatic rings. The Balaban J connectivity index is 1.65. The van der Waals surface area contributed by atoms with Gasteiger partial charge >= 0.3 is 0 Å². The molecule has 146 valence electrons. The number of piperazine rings is 1. The first-order valence-corrected chi connectivity index (χ1v) is 11.0. The van der Waals surface area contributed by atoms with Gasteiger partial charge in [0.25, 0.3) is 5.91 Å². The lowest BCUT2D eigenvalue weighted by Gasteiger charge is -2.34. The lowest BCUT2D eigenvalue weighted by Crippen LogP contribution is -2.48. The number of likely N-dealkylation sites (N-methyl/N-ethyl adjacent to an activating group) is 1. The van der Waals surface area contributed by atoms with Gasteiger partial charge in [-0.2, -0.15) is 0 Å². The van der Waals surface area contributed by atoms with E-state index >= 15 is 0 Å². The second kappa shape index (κ2) is 7.72. The van der Waals surface area contributed by atoms with Crippen LogP contribution in [0.4, 0.5) is 5.82 Å². The van der Waals surface area contributed by atoms with Crippen molar-refractivity contribution in [3.63, 3.8) is 0 Å². The Labute approximate surface area is 165 Å². The van der Waals surface area contributed by atoms with Crippen molar-refractivity contribution >= 4 is 34.0 Å². The van der Waals surface area contributed by atoms with Crippen LogP contribution in [0.2, 0.25) is 0 Å². The Morgan fingerprint density at radius 1 is 1.15 bits per heavy atom. The van der Waals surface area contributed by atoms with Crippen molar-refractivity contribution in [3.8, 4) is 0 Å². The van der Waals surface area contributed by atoms with E-state index in [0.29, 0.717) is 5.82 Å². The number of anilines is 1. The topological polar surface area (TPSA) is 52.6 Å². The number of hydrogen-bond donors (Lipinski definition) is 0. The number of thiophene rings is 1. The van der Waals surface area contributed by atoms with Crippen LogP contribution >= 0.6 is 11.3 Å². The van der Waals surface area contributed by atoms with Crippen molar-refractivity contribution < 1.29 is 4.79 Å². The van der Waals surface area contributed by atoms with E-state index < -0.39 is 0 Å². The number of aryl methyl sites for hydroxylation is 1. The minimum atomic E-state index is -0.0249. The predicted octanol–water partition coefficient (Wildman–Crippen LogP) is 3.01. The molecule has 0 unspecified atom stereocenters. The third-order valence-electron chi connectivity index (χ3n) is 6.00. The fraction of sp³-hybridized carbons (Fsp3) is 0.650. The maximum atomic E-state index is 13.1. The molecule has 2 fully saturated rings. The lowest BCUT2D eigenvalue weighted by molar-refractivity contribution is 0.0632. The van der Waals surface area contributed by atoms with Crippen LogP contribution in [-0.4, -0.2) is 71.5 Å². The summed E-state index contributed by atoms with van der Waals surface area (Å²) in [7, 11) is 0. The average Bonchev–Trinajstić information content (AvgIpc) is 3.08. The normalized spacial score (nSPS) is 19.8. The zero-order valence-electron chi connectivity index (χ0n) is 16.6. The van der Waals surface area contributed by atoms with Gasteiger partial charge in [-0.25, -0.2) is 9.97 Å². The number of amides is 1. The molecular weight excluding hydrogens is 358 g/mol. The number of nitrogens with zero attached hydrogens (tertiary/aromatic N) is 5. The smallest absolute Gasteiger partial charge is 0.291 e. The maximum Gasteiger partial charge on any atom is 0.291 e. The lowest BCUT2D eigenvalue weighted by atomic mass is 9.99. The van der Waals surface area contributed by atoms with Crippen molar-refractivity contribution in [1.29, 1.82) is 0 Å². The molecule has 0 radical (unpaired) electrons. The van der Waals surface area contributed by atoms with Gasteiger partial charge in [0.2, 0.25) is 5.82 Å². The number of piperidine rings is 1. The molecule has 2 aliphatic heterocycles. The summed E-state index contributed by atoms with van der Waals surface area (Å²) in [5.74, 6) is 2.06. The number of rotatable bonds is 3. The second-order valence-electron chi connectivity index (χ2n) is 7.82. The van der Waals surface area contributed by atoms with E-state index in [0.717, 1.165) is 68.5 Å². The Kier molecular flexibility index (Phi) is 5.32. The summed E-state index contributed by atoms with van der Waals surface area (Å²) in [5.41, 5.74) is 0.914. The highest BCUT2D eigenvalue weighted by Gasteiger charge is 2.27. The first kappa shape index (κ1) is 18.6. The maximum absolute atomic E-state index is 13.1. The number of hydrogen-bond acceptors (Lipinski definition) is 6. The molecule has 0 N–H and O–H groups in total. The monoisotopic (exact) mass is 387 g/mol. The van der Waals surface area contributed by atoms with Crippen LogP contribution in [0.15, 0.2) is 5.38 Å². The molecule has 2 saturated heterocycles. The molecule has 7 heteroatoms. The van der Waals surface area contributed by atoms with Crippen LogP contribution in [0, 0.1) is 12.8 Å². The van der Waals surface area contributed by atoms with E-state index in [2.05, 4.69) is 40.9 Å². The predicted molar refractivity (Wildman–Crippen MR) is 111 cm³/mol. The van der Waals surface area contributed by atoms with Gasteiger partial charge in [-0.15, -0.1) is 11.3 Å². The average molecular weight is 388 g/mol. The van der Waals surface area contributed by atoms with E-state index in [1.54, 1.807) is 11.3 Å². The summed E-state index contributed by atoms with van der Waals surface area (Å²) < 4.78 is 0. The van der Waals surface area contributed by atoms with Crippen LogP contribution in [0.1, 0.15) is 42.2 Å². The Morgan fingerprint density at radius 2 is 1.85 bits per heavy atom. The molecule has 27 heavy (non-hydrogen) atoms. The van der Waals surface area contributed by atoms with Crippen LogP contribution in [0.3, 0.4) is 0 Å². The molecule has 2 aromatic heterocycles.